The van der Waals surface area contributed by atoms with Crippen molar-refractivity contribution in [3.05, 3.63) is 86.7 Å². The molecule has 1 saturated carbocycles. The molecule has 1 fully saturated rings. The van der Waals surface area contributed by atoms with Crippen LogP contribution in [0.2, 0.25) is 0 Å². The van der Waals surface area contributed by atoms with Crippen molar-refractivity contribution in [1.82, 2.24) is 24.8 Å². The second kappa shape index (κ2) is 18.5. The number of nitrogens with zero attached hydrogens (tertiary/aromatic N) is 4. The zero-order valence-corrected chi connectivity index (χ0v) is 30.5. The van der Waals surface area contributed by atoms with Crippen LogP contribution in [0.5, 0.6) is 0 Å². The van der Waals surface area contributed by atoms with Crippen LogP contribution in [0.4, 0.5) is 4.79 Å². The normalized spacial score (nSPS) is 15.8. The van der Waals surface area contributed by atoms with Crippen molar-refractivity contribution in [3.63, 3.8) is 0 Å². The van der Waals surface area contributed by atoms with Gasteiger partial charge in [-0.15, -0.1) is 11.3 Å². The smallest absolute Gasteiger partial charge is 0.318 e. The summed E-state index contributed by atoms with van der Waals surface area (Å²) in [5.41, 5.74) is 7.80. The van der Waals surface area contributed by atoms with Crippen molar-refractivity contribution in [2.75, 3.05) is 20.1 Å². The van der Waals surface area contributed by atoms with Gasteiger partial charge in [-0.1, -0.05) is 74.3 Å². The van der Waals surface area contributed by atoms with Crippen LogP contribution in [0.1, 0.15) is 61.4 Å². The van der Waals surface area contributed by atoms with Crippen molar-refractivity contribution in [2.45, 2.75) is 88.7 Å². The SMILES string of the molecule is CC[C@H](C)[C@H](NC(=O)N(C)Cc1csc(CN)n1)C(=O)N[C@@H](Cc1ccccc1)[C@@H](O)CN(CC1CCC1)S(=O)(=O)c1ccc(CN=O)cc1. The molecule has 1 aromatic heterocycles. The Labute approximate surface area is 298 Å². The van der Waals surface area contributed by atoms with E-state index in [0.29, 0.717) is 24.2 Å². The minimum atomic E-state index is -4.04. The first kappa shape index (κ1) is 39.0. The highest BCUT2D eigenvalue weighted by molar-refractivity contribution is 7.89. The molecule has 1 aliphatic rings. The first-order valence-corrected chi connectivity index (χ1v) is 19.3. The number of thiazole rings is 1. The van der Waals surface area contributed by atoms with Crippen LogP contribution in [-0.4, -0.2) is 78.0 Å². The van der Waals surface area contributed by atoms with Crippen LogP contribution in [-0.2, 0) is 40.9 Å². The lowest BCUT2D eigenvalue weighted by atomic mass is 9.85. The Morgan fingerprint density at radius 2 is 1.80 bits per heavy atom. The number of sulfonamides is 1. The molecule has 4 atom stereocenters. The Kier molecular flexibility index (Phi) is 14.4. The first-order valence-electron chi connectivity index (χ1n) is 17.0. The highest BCUT2D eigenvalue weighted by Gasteiger charge is 2.35. The number of nitroso groups, excluding NO2 is 1. The molecule has 0 spiro atoms. The molecule has 0 unspecified atom stereocenters. The van der Waals surface area contributed by atoms with Gasteiger partial charge in [-0.25, -0.2) is 18.2 Å². The van der Waals surface area contributed by atoms with Crippen LogP contribution in [0, 0.1) is 16.7 Å². The molecule has 272 valence electrons. The van der Waals surface area contributed by atoms with Crippen molar-refractivity contribution >= 4 is 33.3 Å². The number of hydrogen-bond donors (Lipinski definition) is 4. The van der Waals surface area contributed by atoms with Gasteiger partial charge in [0, 0.05) is 32.1 Å². The molecule has 4 rings (SSSR count). The number of hydrogen-bond acceptors (Lipinski definition) is 10. The third-order valence-electron chi connectivity index (χ3n) is 9.27. The predicted octanol–water partition coefficient (Wildman–Crippen LogP) is 4.00. The number of nitrogens with two attached hydrogens (primary N) is 1. The van der Waals surface area contributed by atoms with Crippen LogP contribution in [0.3, 0.4) is 0 Å². The van der Waals surface area contributed by atoms with E-state index in [1.165, 1.54) is 32.7 Å². The Morgan fingerprint density at radius 3 is 2.38 bits per heavy atom. The van der Waals surface area contributed by atoms with Crippen LogP contribution < -0.4 is 16.4 Å². The third-order valence-corrected chi connectivity index (χ3v) is 12.0. The summed E-state index contributed by atoms with van der Waals surface area (Å²) < 4.78 is 29.2. The molecule has 3 amide bonds. The summed E-state index contributed by atoms with van der Waals surface area (Å²) in [6.07, 6.45) is 2.32. The highest BCUT2D eigenvalue weighted by atomic mass is 32.2. The number of carbonyl (C=O) groups excluding carboxylic acids is 2. The van der Waals surface area contributed by atoms with Crippen molar-refractivity contribution < 1.29 is 23.1 Å². The molecule has 0 radical (unpaired) electrons. The molecule has 2 aromatic carbocycles. The molecule has 0 bridgehead atoms. The van der Waals surface area contributed by atoms with Gasteiger partial charge in [-0.2, -0.15) is 9.21 Å². The lowest BCUT2D eigenvalue weighted by molar-refractivity contribution is -0.125. The molecule has 5 N–H and O–H groups in total. The maximum Gasteiger partial charge on any atom is 0.318 e. The average molecular weight is 728 g/mol. The molecular weight excluding hydrogens is 679 g/mol. The van der Waals surface area contributed by atoms with Gasteiger partial charge in [0.25, 0.3) is 0 Å². The van der Waals surface area contributed by atoms with Gasteiger partial charge in [0.1, 0.15) is 17.6 Å². The van der Waals surface area contributed by atoms with Crippen LogP contribution >= 0.6 is 11.3 Å². The molecule has 3 aromatic rings. The summed E-state index contributed by atoms with van der Waals surface area (Å²) >= 11 is 1.42. The second-order valence-electron chi connectivity index (χ2n) is 13.0. The number of aromatic nitrogens is 1. The van der Waals surface area contributed by atoms with Crippen molar-refractivity contribution in [3.8, 4) is 0 Å². The van der Waals surface area contributed by atoms with E-state index in [1.807, 2.05) is 49.6 Å². The number of nitrogens with one attached hydrogen (secondary N) is 2. The van der Waals surface area contributed by atoms with Crippen LogP contribution in [0.15, 0.2) is 70.0 Å². The van der Waals surface area contributed by atoms with Gasteiger partial charge in [0.05, 0.1) is 29.3 Å². The Bertz CT molecular complexity index is 1650. The van der Waals surface area contributed by atoms with Gasteiger partial charge >= 0.3 is 6.03 Å². The van der Waals surface area contributed by atoms with Crippen molar-refractivity contribution in [1.29, 1.82) is 0 Å². The number of aliphatic hydroxyl groups is 1. The standard InChI is InChI=1S/C35H49N7O6S2/c1-4-24(2)33(40-35(45)41(3)21-28-23-49-32(18-36)38-28)34(44)39-30(17-25-9-6-5-7-10-25)31(43)22-42(20-27-11-8-12-27)50(47,48)29-15-13-26(14-16-29)19-37-46/h5-7,9-10,13-16,23-24,27,30-31,33,43H,4,8,11-12,17-22,36H2,1-3H3,(H,39,44)(H,40,45)/t24-,30-,31-,33-/m0/s1. The van der Waals surface area contributed by atoms with E-state index in [1.54, 1.807) is 19.2 Å². The van der Waals surface area contributed by atoms with E-state index in [-0.39, 0.29) is 49.3 Å². The first-order chi connectivity index (χ1) is 23.9. The van der Waals surface area contributed by atoms with E-state index in [0.717, 1.165) is 29.8 Å². The van der Waals surface area contributed by atoms with E-state index < -0.39 is 40.1 Å². The molecule has 0 saturated heterocycles. The second-order valence-corrected chi connectivity index (χ2v) is 15.9. The minimum absolute atomic E-state index is 0.0443. The minimum Gasteiger partial charge on any atom is -0.390 e. The van der Waals surface area contributed by atoms with Gasteiger partial charge in [0.15, 0.2) is 0 Å². The summed E-state index contributed by atoms with van der Waals surface area (Å²) in [7, 11) is -2.42. The molecular formula is C35H49N7O6S2. The maximum atomic E-state index is 14.0. The lowest BCUT2D eigenvalue weighted by Crippen LogP contribution is -2.58. The van der Waals surface area contributed by atoms with Gasteiger partial charge < -0.3 is 26.4 Å². The average Bonchev–Trinajstić information content (AvgIpc) is 3.55. The van der Waals surface area contributed by atoms with Gasteiger partial charge in [-0.05, 0) is 54.4 Å². The molecule has 50 heavy (non-hydrogen) atoms. The molecule has 13 nitrogen and oxygen atoms in total. The topological polar surface area (TPSA) is 187 Å². The molecule has 1 aliphatic carbocycles. The van der Waals surface area contributed by atoms with Crippen molar-refractivity contribution in [2.24, 2.45) is 22.7 Å². The number of rotatable bonds is 19. The quantitative estimate of drug-likeness (QED) is 0.133. The predicted molar refractivity (Wildman–Crippen MR) is 193 cm³/mol. The van der Waals surface area contributed by atoms with Crippen LogP contribution in [0.25, 0.3) is 0 Å². The fourth-order valence-electron chi connectivity index (χ4n) is 5.76. The number of benzene rings is 2. The largest absolute Gasteiger partial charge is 0.390 e. The summed E-state index contributed by atoms with van der Waals surface area (Å²) in [4.78, 5) is 43.9. The summed E-state index contributed by atoms with van der Waals surface area (Å²) in [6, 6.07) is 13.1. The third kappa shape index (κ3) is 10.6. The molecule has 15 heteroatoms. The maximum absolute atomic E-state index is 14.0. The number of aliphatic hydroxyl groups excluding tert-OH is 1. The number of urea groups is 1. The molecule has 0 aliphatic heterocycles. The zero-order chi connectivity index (χ0) is 36.3. The summed E-state index contributed by atoms with van der Waals surface area (Å²) in [6.45, 7) is 4.24. The van der Waals surface area contributed by atoms with Gasteiger partial charge in [-0.3, -0.25) is 4.79 Å². The Balaban J connectivity index is 1.55. The highest BCUT2D eigenvalue weighted by Crippen LogP contribution is 2.30. The fraction of sp³-hybridized carbons (Fsp3) is 0.514. The monoisotopic (exact) mass is 727 g/mol. The fourth-order valence-corrected chi connectivity index (χ4v) is 7.96. The van der Waals surface area contributed by atoms with E-state index in [4.69, 9.17) is 5.73 Å². The van der Waals surface area contributed by atoms with Gasteiger partial charge in [0.2, 0.25) is 15.9 Å². The Hall–Kier alpha value is -3.76. The summed E-state index contributed by atoms with van der Waals surface area (Å²) in [5, 5.41) is 23.1. The molecule has 1 heterocycles. The van der Waals surface area contributed by atoms with E-state index >= 15 is 0 Å². The lowest BCUT2D eigenvalue weighted by Gasteiger charge is -2.35. The Morgan fingerprint density at radius 1 is 1.10 bits per heavy atom. The number of amides is 3. The number of carbonyl (C=O) groups is 2. The summed E-state index contributed by atoms with van der Waals surface area (Å²) in [5.74, 6) is -0.573. The van der Waals surface area contributed by atoms with E-state index in [9.17, 15) is 28.0 Å². The zero-order valence-electron chi connectivity index (χ0n) is 28.9. The van der Waals surface area contributed by atoms with E-state index in [2.05, 4.69) is 20.8 Å².